The fraction of sp³-hybridized carbons (Fsp3) is 0.267. The van der Waals surface area contributed by atoms with Crippen LogP contribution in [0.2, 0.25) is 0 Å². The van der Waals surface area contributed by atoms with Gasteiger partial charge < -0.3 is 9.47 Å². The van der Waals surface area contributed by atoms with Crippen molar-refractivity contribution in [2.24, 2.45) is 0 Å². The van der Waals surface area contributed by atoms with Gasteiger partial charge in [0.25, 0.3) is 0 Å². The van der Waals surface area contributed by atoms with E-state index in [1.54, 1.807) is 6.92 Å². The fourth-order valence-electron chi connectivity index (χ4n) is 1.80. The molecule has 0 aliphatic rings. The van der Waals surface area contributed by atoms with E-state index in [0.717, 1.165) is 21.0 Å². The number of benzene rings is 2. The van der Waals surface area contributed by atoms with Crippen molar-refractivity contribution >= 4 is 32.7 Å². The minimum Gasteiger partial charge on any atom is -0.492 e. The summed E-state index contributed by atoms with van der Waals surface area (Å²) in [5.41, 5.74) is 0. The molecule has 0 saturated heterocycles. The Bertz CT molecular complexity index is 581. The number of hydrogen-bond donors (Lipinski definition) is 0. The summed E-state index contributed by atoms with van der Waals surface area (Å²) in [4.78, 5) is 11.2. The summed E-state index contributed by atoms with van der Waals surface area (Å²) in [6, 6.07) is 11.9. The Labute approximate surface area is 120 Å². The van der Waals surface area contributed by atoms with Gasteiger partial charge in [-0.25, -0.2) is 0 Å². The molecule has 0 bridgehead atoms. The summed E-state index contributed by atoms with van der Waals surface area (Å²) >= 11 is 3.54. The summed E-state index contributed by atoms with van der Waals surface area (Å²) < 4.78 is 11.4. The molecule has 2 aromatic carbocycles. The normalized spacial score (nSPS) is 10.4. The lowest BCUT2D eigenvalue weighted by Gasteiger charge is -2.10. The molecule has 0 N–H and O–H groups in total. The first-order chi connectivity index (χ1) is 9.22. The van der Waals surface area contributed by atoms with Crippen LogP contribution in [-0.4, -0.2) is 19.2 Å². The van der Waals surface area contributed by atoms with E-state index in [-0.39, 0.29) is 12.4 Å². The van der Waals surface area contributed by atoms with Gasteiger partial charge in [0.2, 0.25) is 0 Å². The van der Waals surface area contributed by atoms with Crippen LogP contribution >= 0.6 is 15.9 Å². The van der Waals surface area contributed by atoms with Crippen LogP contribution in [0.5, 0.6) is 5.75 Å². The van der Waals surface area contributed by atoms with Crippen molar-refractivity contribution in [2.75, 3.05) is 13.2 Å². The molecule has 0 aliphatic heterocycles. The van der Waals surface area contributed by atoms with E-state index in [2.05, 4.69) is 15.9 Å². The van der Waals surface area contributed by atoms with Crippen molar-refractivity contribution < 1.29 is 14.3 Å². The third-order valence-corrected chi connectivity index (χ3v) is 3.51. The molecule has 0 aliphatic carbocycles. The first-order valence-corrected chi connectivity index (χ1v) is 6.97. The zero-order valence-corrected chi connectivity index (χ0v) is 12.3. The predicted octanol–water partition coefficient (Wildman–Crippen LogP) is 3.93. The van der Waals surface area contributed by atoms with Gasteiger partial charge in [-0.15, -0.1) is 0 Å². The van der Waals surface area contributed by atoms with Crippen molar-refractivity contribution in [3.05, 3.63) is 40.9 Å². The Balaban J connectivity index is 2.05. The Kier molecular flexibility index (Phi) is 4.80. The highest BCUT2D eigenvalue weighted by atomic mass is 79.9. The number of carbonyl (C=O) groups is 1. The summed E-state index contributed by atoms with van der Waals surface area (Å²) in [5.74, 6) is 0.502. The Hall–Kier alpha value is -1.55. The topological polar surface area (TPSA) is 35.5 Å². The molecule has 19 heavy (non-hydrogen) atoms. The molecule has 0 heterocycles. The molecule has 3 nitrogen and oxygen atoms in total. The quantitative estimate of drug-likeness (QED) is 0.782. The summed E-state index contributed by atoms with van der Waals surface area (Å²) in [7, 11) is 0. The van der Waals surface area contributed by atoms with Crippen LogP contribution in [0.15, 0.2) is 40.9 Å². The molecule has 0 unspecified atom stereocenters. The van der Waals surface area contributed by atoms with Crippen LogP contribution in [0.4, 0.5) is 0 Å². The molecule has 2 aromatic rings. The maximum absolute atomic E-state index is 11.2. The first kappa shape index (κ1) is 13.9. The zero-order chi connectivity index (χ0) is 13.7. The third-order valence-electron chi connectivity index (χ3n) is 2.70. The van der Waals surface area contributed by atoms with Crippen LogP contribution in [0, 0.1) is 0 Å². The summed E-state index contributed by atoms with van der Waals surface area (Å²) in [6.45, 7) is 2.51. The highest BCUT2D eigenvalue weighted by Gasteiger charge is 2.07. The number of rotatable bonds is 5. The van der Waals surface area contributed by atoms with Gasteiger partial charge >= 0.3 is 5.97 Å². The van der Waals surface area contributed by atoms with Gasteiger partial charge in [0.05, 0.1) is 24.1 Å². The highest BCUT2D eigenvalue weighted by molar-refractivity contribution is 9.10. The highest BCUT2D eigenvalue weighted by Crippen LogP contribution is 2.33. The van der Waals surface area contributed by atoms with E-state index in [4.69, 9.17) is 9.47 Å². The smallest absolute Gasteiger partial charge is 0.309 e. The molecule has 0 fully saturated rings. The van der Waals surface area contributed by atoms with Crippen molar-refractivity contribution in [3.63, 3.8) is 0 Å². The summed E-state index contributed by atoms with van der Waals surface area (Å²) in [5, 5.41) is 2.24. The zero-order valence-electron chi connectivity index (χ0n) is 10.7. The fourth-order valence-corrected chi connectivity index (χ4v) is 2.41. The van der Waals surface area contributed by atoms with E-state index < -0.39 is 0 Å². The molecule has 2 rings (SSSR count). The van der Waals surface area contributed by atoms with E-state index >= 15 is 0 Å². The SMILES string of the molecule is CCOC(=O)CCOc1ccc2ccccc2c1Br. The van der Waals surface area contributed by atoms with E-state index in [1.165, 1.54) is 0 Å². The molecule has 0 aromatic heterocycles. The second kappa shape index (κ2) is 6.57. The molecule has 0 atom stereocenters. The molecule has 0 spiro atoms. The number of halogens is 1. The van der Waals surface area contributed by atoms with E-state index in [0.29, 0.717) is 13.2 Å². The van der Waals surface area contributed by atoms with E-state index in [9.17, 15) is 4.79 Å². The van der Waals surface area contributed by atoms with Crippen LogP contribution in [-0.2, 0) is 9.53 Å². The predicted molar refractivity (Wildman–Crippen MR) is 78.4 cm³/mol. The van der Waals surface area contributed by atoms with E-state index in [1.807, 2.05) is 36.4 Å². The van der Waals surface area contributed by atoms with Gasteiger partial charge in [0.1, 0.15) is 5.75 Å². The third kappa shape index (κ3) is 3.47. The summed E-state index contributed by atoms with van der Waals surface area (Å²) in [6.07, 6.45) is 0.257. The number of esters is 1. The largest absolute Gasteiger partial charge is 0.492 e. The number of carbonyl (C=O) groups excluding carboxylic acids is 1. The van der Waals surface area contributed by atoms with Crippen molar-refractivity contribution in [2.45, 2.75) is 13.3 Å². The van der Waals surface area contributed by atoms with Gasteiger partial charge in [0.15, 0.2) is 0 Å². The van der Waals surface area contributed by atoms with Crippen LogP contribution in [0.1, 0.15) is 13.3 Å². The van der Waals surface area contributed by atoms with Gasteiger partial charge in [-0.2, -0.15) is 0 Å². The molecule has 0 saturated carbocycles. The van der Waals surface area contributed by atoms with Gasteiger partial charge in [0, 0.05) is 0 Å². The average Bonchev–Trinajstić information content (AvgIpc) is 2.42. The molecule has 4 heteroatoms. The first-order valence-electron chi connectivity index (χ1n) is 6.18. The number of fused-ring (bicyclic) bond motifs is 1. The maximum Gasteiger partial charge on any atom is 0.309 e. The molecule has 0 amide bonds. The van der Waals surface area contributed by atoms with Crippen molar-refractivity contribution in [1.29, 1.82) is 0 Å². The van der Waals surface area contributed by atoms with Gasteiger partial charge in [-0.3, -0.25) is 4.79 Å². The minimum absolute atomic E-state index is 0.237. The Morgan fingerprint density at radius 2 is 2.00 bits per heavy atom. The van der Waals surface area contributed by atoms with Crippen LogP contribution in [0.3, 0.4) is 0 Å². The second-order valence-corrected chi connectivity index (χ2v) is 4.80. The molecular weight excluding hydrogens is 308 g/mol. The lowest BCUT2D eigenvalue weighted by Crippen LogP contribution is -2.09. The average molecular weight is 323 g/mol. The Morgan fingerprint density at radius 1 is 1.21 bits per heavy atom. The monoisotopic (exact) mass is 322 g/mol. The lowest BCUT2D eigenvalue weighted by atomic mass is 10.1. The van der Waals surface area contributed by atoms with Crippen LogP contribution < -0.4 is 4.74 Å². The van der Waals surface area contributed by atoms with Crippen molar-refractivity contribution in [1.82, 2.24) is 0 Å². The molecule has 0 radical (unpaired) electrons. The van der Waals surface area contributed by atoms with Crippen LogP contribution in [0.25, 0.3) is 10.8 Å². The number of hydrogen-bond acceptors (Lipinski definition) is 3. The molecule has 100 valence electrons. The number of ether oxygens (including phenoxy) is 2. The van der Waals surface area contributed by atoms with Gasteiger partial charge in [-0.1, -0.05) is 30.3 Å². The molecular formula is C15H15BrO3. The van der Waals surface area contributed by atoms with Crippen molar-refractivity contribution in [3.8, 4) is 5.75 Å². The Morgan fingerprint density at radius 3 is 2.79 bits per heavy atom. The standard InChI is InChI=1S/C15H15BrO3/c1-2-18-14(17)9-10-19-13-8-7-11-5-3-4-6-12(11)15(13)16/h3-8H,2,9-10H2,1H3. The maximum atomic E-state index is 11.2. The lowest BCUT2D eigenvalue weighted by molar-refractivity contribution is -0.143. The second-order valence-electron chi connectivity index (χ2n) is 4.00. The van der Waals surface area contributed by atoms with Gasteiger partial charge in [-0.05, 0) is 39.7 Å². The minimum atomic E-state index is -0.237.